The van der Waals surface area contributed by atoms with Crippen LogP contribution in [0.2, 0.25) is 0 Å². The first kappa shape index (κ1) is 17.8. The van der Waals surface area contributed by atoms with Gasteiger partial charge in [-0.1, -0.05) is 36.4 Å². The number of carboxylic acids is 1. The molecule has 0 aliphatic carbocycles. The van der Waals surface area contributed by atoms with E-state index in [0.717, 1.165) is 15.0 Å². The van der Waals surface area contributed by atoms with E-state index in [1.807, 2.05) is 30.3 Å². The molecule has 0 radical (unpaired) electrons. The van der Waals surface area contributed by atoms with Gasteiger partial charge in [0.05, 0.1) is 4.88 Å². The number of rotatable bonds is 5. The fourth-order valence-electron chi connectivity index (χ4n) is 2.74. The first-order chi connectivity index (χ1) is 13.6. The van der Waals surface area contributed by atoms with Gasteiger partial charge in [-0.2, -0.15) is 0 Å². The van der Waals surface area contributed by atoms with Crippen LogP contribution in [0.15, 0.2) is 82.9 Å². The molecule has 0 fully saturated rings. The molecule has 2 aromatic heterocycles. The third-order valence-electron chi connectivity index (χ3n) is 4.10. The summed E-state index contributed by atoms with van der Waals surface area (Å²) in [6, 6.07) is 21.9. The first-order valence-corrected chi connectivity index (χ1v) is 9.32. The quantitative estimate of drug-likeness (QED) is 0.470. The number of furan rings is 1. The number of fused-ring (bicyclic) bond motifs is 1. The second-order valence-electron chi connectivity index (χ2n) is 6.03. The van der Waals surface area contributed by atoms with E-state index in [4.69, 9.17) is 4.42 Å². The van der Waals surface area contributed by atoms with Crippen molar-refractivity contribution in [1.82, 2.24) is 5.32 Å². The molecule has 138 valence electrons. The molecule has 4 rings (SSSR count). The van der Waals surface area contributed by atoms with Gasteiger partial charge >= 0.3 is 5.97 Å². The number of thiophene rings is 1. The predicted octanol–water partition coefficient (Wildman–Crippen LogP) is 5.02. The number of hydrogen-bond acceptors (Lipinski definition) is 4. The van der Waals surface area contributed by atoms with E-state index in [1.165, 1.54) is 6.08 Å². The average molecular weight is 389 g/mol. The number of aliphatic carboxylic acids is 1. The second-order valence-corrected chi connectivity index (χ2v) is 7.12. The Balaban J connectivity index is 1.59. The number of nitrogens with one attached hydrogen (secondary N) is 1. The second kappa shape index (κ2) is 7.54. The molecule has 2 heterocycles. The summed E-state index contributed by atoms with van der Waals surface area (Å²) in [5.74, 6) is -0.751. The van der Waals surface area contributed by atoms with Crippen LogP contribution in [0.1, 0.15) is 16.1 Å². The maximum Gasteiger partial charge on any atom is 0.352 e. The molecular weight excluding hydrogens is 374 g/mol. The van der Waals surface area contributed by atoms with Gasteiger partial charge in [0.1, 0.15) is 17.2 Å². The lowest BCUT2D eigenvalue weighted by molar-refractivity contribution is -0.132. The molecule has 0 aliphatic heterocycles. The van der Waals surface area contributed by atoms with Crippen LogP contribution >= 0.6 is 11.3 Å². The maximum absolute atomic E-state index is 12.2. The van der Waals surface area contributed by atoms with Gasteiger partial charge in [0, 0.05) is 16.3 Å². The van der Waals surface area contributed by atoms with Crippen molar-refractivity contribution in [2.75, 3.05) is 0 Å². The Morgan fingerprint density at radius 2 is 1.71 bits per heavy atom. The van der Waals surface area contributed by atoms with Crippen LogP contribution in [-0.2, 0) is 4.79 Å². The normalized spacial score (nSPS) is 11.5. The highest BCUT2D eigenvalue weighted by Crippen LogP contribution is 2.34. The molecule has 0 atom stereocenters. The molecular formula is C22H15NO4S. The van der Waals surface area contributed by atoms with Gasteiger partial charge in [-0.3, -0.25) is 4.79 Å². The molecule has 2 N–H and O–H groups in total. The lowest BCUT2D eigenvalue weighted by Gasteiger charge is -2.05. The largest absolute Gasteiger partial charge is 0.477 e. The monoisotopic (exact) mass is 389 g/mol. The van der Waals surface area contributed by atoms with Crippen LogP contribution in [0, 0.1) is 0 Å². The fourth-order valence-corrected chi connectivity index (χ4v) is 3.77. The fraction of sp³-hybridized carbons (Fsp3) is 0. The molecule has 0 aliphatic rings. The van der Waals surface area contributed by atoms with Crippen molar-refractivity contribution < 1.29 is 19.1 Å². The molecule has 0 bridgehead atoms. The van der Waals surface area contributed by atoms with Crippen molar-refractivity contribution >= 4 is 39.4 Å². The van der Waals surface area contributed by atoms with Gasteiger partial charge < -0.3 is 14.8 Å². The third-order valence-corrected chi connectivity index (χ3v) is 5.23. The highest BCUT2D eigenvalue weighted by molar-refractivity contribution is 7.22. The lowest BCUT2D eigenvalue weighted by atomic mass is 10.2. The van der Waals surface area contributed by atoms with Gasteiger partial charge in [-0.25, -0.2) is 4.79 Å². The van der Waals surface area contributed by atoms with E-state index >= 15 is 0 Å². The van der Waals surface area contributed by atoms with Crippen molar-refractivity contribution in [2.24, 2.45) is 0 Å². The molecule has 0 saturated carbocycles. The molecule has 5 nitrogen and oxygen atoms in total. The van der Waals surface area contributed by atoms with Crippen molar-refractivity contribution in [1.29, 1.82) is 0 Å². The minimum Gasteiger partial charge on any atom is -0.477 e. The third kappa shape index (κ3) is 3.72. The molecule has 1 amide bonds. The van der Waals surface area contributed by atoms with Crippen molar-refractivity contribution in [3.05, 3.63) is 89.8 Å². The standard InChI is InChI=1S/C22H15NO4S/c24-21(14-6-2-1-3-7-14)23-17(22(25)26)13-16-10-11-18(27-16)20-12-15-8-4-5-9-19(15)28-20/h1-13H,(H,23,24)(H,25,26)/b17-13+. The van der Waals surface area contributed by atoms with Crippen LogP contribution in [-0.4, -0.2) is 17.0 Å². The Labute approximate surface area is 164 Å². The number of carbonyl (C=O) groups excluding carboxylic acids is 1. The van der Waals surface area contributed by atoms with E-state index in [0.29, 0.717) is 17.1 Å². The Hall–Kier alpha value is -3.64. The highest BCUT2D eigenvalue weighted by atomic mass is 32.1. The van der Waals surface area contributed by atoms with Crippen LogP contribution in [0.3, 0.4) is 0 Å². The molecule has 28 heavy (non-hydrogen) atoms. The summed E-state index contributed by atoms with van der Waals surface area (Å²) in [4.78, 5) is 24.7. The summed E-state index contributed by atoms with van der Waals surface area (Å²) in [7, 11) is 0. The van der Waals surface area contributed by atoms with Crippen LogP contribution in [0.5, 0.6) is 0 Å². The number of hydrogen-bond donors (Lipinski definition) is 2. The van der Waals surface area contributed by atoms with Gasteiger partial charge in [-0.05, 0) is 41.8 Å². The smallest absolute Gasteiger partial charge is 0.352 e. The van der Waals surface area contributed by atoms with Crippen molar-refractivity contribution in [3.63, 3.8) is 0 Å². The van der Waals surface area contributed by atoms with E-state index in [-0.39, 0.29) is 5.70 Å². The number of benzene rings is 2. The Kier molecular flexibility index (Phi) is 4.78. The molecule has 2 aromatic carbocycles. The average Bonchev–Trinajstić information content (AvgIpc) is 3.34. The number of carboxylic acid groups (broad SMARTS) is 1. The SMILES string of the molecule is O=C(O)/C(=C\c1ccc(-c2cc3ccccc3s2)o1)NC(=O)c1ccccc1. The summed E-state index contributed by atoms with van der Waals surface area (Å²) in [5, 5.41) is 13.0. The summed E-state index contributed by atoms with van der Waals surface area (Å²) >= 11 is 1.60. The zero-order valence-electron chi connectivity index (χ0n) is 14.6. The first-order valence-electron chi connectivity index (χ1n) is 8.50. The summed E-state index contributed by atoms with van der Waals surface area (Å²) in [6.45, 7) is 0. The van der Waals surface area contributed by atoms with Crippen LogP contribution in [0.25, 0.3) is 26.8 Å². The van der Waals surface area contributed by atoms with Gasteiger partial charge in [0.15, 0.2) is 0 Å². The van der Waals surface area contributed by atoms with Gasteiger partial charge in [-0.15, -0.1) is 11.3 Å². The molecule has 4 aromatic rings. The molecule has 0 spiro atoms. The van der Waals surface area contributed by atoms with Crippen molar-refractivity contribution in [3.8, 4) is 10.6 Å². The van der Waals surface area contributed by atoms with Crippen LogP contribution < -0.4 is 5.32 Å². The lowest BCUT2D eigenvalue weighted by Crippen LogP contribution is -2.27. The van der Waals surface area contributed by atoms with E-state index in [1.54, 1.807) is 53.8 Å². The van der Waals surface area contributed by atoms with E-state index in [2.05, 4.69) is 5.32 Å². The zero-order chi connectivity index (χ0) is 19.5. The van der Waals surface area contributed by atoms with E-state index in [9.17, 15) is 14.7 Å². The summed E-state index contributed by atoms with van der Waals surface area (Å²) in [6.07, 6.45) is 1.31. The maximum atomic E-state index is 12.2. The van der Waals surface area contributed by atoms with Crippen LogP contribution in [0.4, 0.5) is 0 Å². The minimum absolute atomic E-state index is 0.258. The Bertz CT molecular complexity index is 1150. The molecule has 6 heteroatoms. The molecule has 0 saturated heterocycles. The molecule has 0 unspecified atom stereocenters. The summed E-state index contributed by atoms with van der Waals surface area (Å²) < 4.78 is 6.93. The van der Waals surface area contributed by atoms with Gasteiger partial charge in [0.2, 0.25) is 0 Å². The van der Waals surface area contributed by atoms with Crippen molar-refractivity contribution in [2.45, 2.75) is 0 Å². The minimum atomic E-state index is -1.25. The van der Waals surface area contributed by atoms with E-state index < -0.39 is 11.9 Å². The predicted molar refractivity (Wildman–Crippen MR) is 109 cm³/mol. The number of carbonyl (C=O) groups is 2. The highest BCUT2D eigenvalue weighted by Gasteiger charge is 2.15. The zero-order valence-corrected chi connectivity index (χ0v) is 15.4. The topological polar surface area (TPSA) is 79.5 Å². The number of amides is 1. The summed E-state index contributed by atoms with van der Waals surface area (Å²) in [5.41, 5.74) is 0.117. The Morgan fingerprint density at radius 3 is 2.46 bits per heavy atom. The Morgan fingerprint density at radius 1 is 0.964 bits per heavy atom. The van der Waals surface area contributed by atoms with Gasteiger partial charge in [0.25, 0.3) is 5.91 Å².